The van der Waals surface area contributed by atoms with Crippen LogP contribution in [-0.2, 0) is 20.9 Å². The van der Waals surface area contributed by atoms with Crippen LogP contribution in [0.4, 0.5) is 5.69 Å². The van der Waals surface area contributed by atoms with E-state index in [1.165, 1.54) is 6.08 Å². The number of hydrogen-bond acceptors (Lipinski definition) is 4. The number of carbonyl (C=O) groups excluding carboxylic acids is 2. The first-order valence-corrected chi connectivity index (χ1v) is 9.26. The van der Waals surface area contributed by atoms with Crippen LogP contribution in [0.25, 0.3) is 5.57 Å². The molecule has 1 aliphatic rings. The molecule has 1 amide bonds. The van der Waals surface area contributed by atoms with Crippen molar-refractivity contribution in [3.8, 4) is 5.75 Å². The Morgan fingerprint density at radius 2 is 1.89 bits per heavy atom. The predicted molar refractivity (Wildman–Crippen MR) is 109 cm³/mol. The lowest BCUT2D eigenvalue weighted by Crippen LogP contribution is -2.27. The number of rotatable bonds is 4. The minimum atomic E-state index is -0.646. The lowest BCUT2D eigenvalue weighted by molar-refractivity contribution is -0.148. The zero-order chi connectivity index (χ0) is 20.5. The fraction of sp³-hybridized carbons (Fsp3) is 0.273. The van der Waals surface area contributed by atoms with Gasteiger partial charge < -0.3 is 14.4 Å². The second kappa shape index (κ2) is 7.68. The van der Waals surface area contributed by atoms with Gasteiger partial charge in [-0.25, -0.2) is 4.79 Å². The number of fused-ring (bicyclic) bond motifs is 1. The minimum absolute atomic E-state index is 0.273. The van der Waals surface area contributed by atoms with Crippen molar-refractivity contribution in [3.05, 3.63) is 64.7 Å². The Morgan fingerprint density at radius 1 is 1.18 bits per heavy atom. The van der Waals surface area contributed by atoms with E-state index in [2.05, 4.69) is 0 Å². The van der Waals surface area contributed by atoms with Gasteiger partial charge >= 0.3 is 5.97 Å². The molecule has 0 fully saturated rings. The van der Waals surface area contributed by atoms with E-state index in [4.69, 9.17) is 21.1 Å². The molecule has 0 bridgehead atoms. The van der Waals surface area contributed by atoms with E-state index >= 15 is 0 Å². The first-order chi connectivity index (χ1) is 13.2. The quantitative estimate of drug-likeness (QED) is 0.556. The molecule has 3 rings (SSSR count). The Labute approximate surface area is 169 Å². The van der Waals surface area contributed by atoms with Gasteiger partial charge in [0.05, 0.1) is 29.9 Å². The van der Waals surface area contributed by atoms with E-state index < -0.39 is 11.6 Å². The third-order valence-electron chi connectivity index (χ3n) is 4.17. The van der Waals surface area contributed by atoms with Gasteiger partial charge in [-0.3, -0.25) is 4.79 Å². The highest BCUT2D eigenvalue weighted by atomic mass is 35.5. The van der Waals surface area contributed by atoms with Crippen LogP contribution in [0.5, 0.6) is 5.75 Å². The van der Waals surface area contributed by atoms with Crippen LogP contribution in [0, 0.1) is 0 Å². The highest BCUT2D eigenvalue weighted by molar-refractivity contribution is 6.41. The van der Waals surface area contributed by atoms with Crippen molar-refractivity contribution in [2.45, 2.75) is 32.9 Å². The number of benzene rings is 2. The Balaban J connectivity index is 1.99. The van der Waals surface area contributed by atoms with E-state index in [0.29, 0.717) is 28.6 Å². The maximum atomic E-state index is 13.1. The second-order valence-corrected chi connectivity index (χ2v) is 7.88. The van der Waals surface area contributed by atoms with Crippen molar-refractivity contribution < 1.29 is 19.1 Å². The average Bonchev–Trinajstić information content (AvgIpc) is 2.87. The van der Waals surface area contributed by atoms with Gasteiger partial charge in [0.15, 0.2) is 0 Å². The molecule has 0 radical (unpaired) electrons. The SMILES string of the molecule is COc1cccc(CN2C(=O)/C(=C/C(=O)OC(C)(C)C)c3cccc(Cl)c32)c1. The van der Waals surface area contributed by atoms with Gasteiger partial charge in [-0.2, -0.15) is 0 Å². The molecule has 6 heteroatoms. The summed E-state index contributed by atoms with van der Waals surface area (Å²) in [5.41, 5.74) is 1.72. The van der Waals surface area contributed by atoms with E-state index in [9.17, 15) is 9.59 Å². The van der Waals surface area contributed by atoms with E-state index in [0.717, 1.165) is 5.56 Å². The highest BCUT2D eigenvalue weighted by Crippen LogP contribution is 2.42. The maximum Gasteiger partial charge on any atom is 0.332 e. The zero-order valence-corrected chi connectivity index (χ0v) is 17.0. The molecule has 1 heterocycles. The average molecular weight is 400 g/mol. The molecule has 0 saturated carbocycles. The molecular formula is C22H22ClNO4. The molecule has 146 valence electrons. The number of halogens is 1. The normalized spacial score (nSPS) is 15.0. The van der Waals surface area contributed by atoms with Gasteiger partial charge in [-0.15, -0.1) is 0 Å². The topological polar surface area (TPSA) is 55.8 Å². The first kappa shape index (κ1) is 20.0. The van der Waals surface area contributed by atoms with Crippen LogP contribution >= 0.6 is 11.6 Å². The lowest BCUT2D eigenvalue weighted by Gasteiger charge is -2.19. The second-order valence-electron chi connectivity index (χ2n) is 7.47. The number of esters is 1. The van der Waals surface area contributed by atoms with Crippen LogP contribution in [0.15, 0.2) is 48.5 Å². The van der Waals surface area contributed by atoms with Gasteiger partial charge in [0.2, 0.25) is 0 Å². The highest BCUT2D eigenvalue weighted by Gasteiger charge is 2.35. The van der Waals surface area contributed by atoms with Crippen molar-refractivity contribution in [3.63, 3.8) is 0 Å². The van der Waals surface area contributed by atoms with Crippen molar-refractivity contribution in [1.29, 1.82) is 0 Å². The summed E-state index contributed by atoms with van der Waals surface area (Å²) in [7, 11) is 1.59. The number of ether oxygens (including phenoxy) is 2. The molecule has 2 aromatic carbocycles. The van der Waals surface area contributed by atoms with Crippen molar-refractivity contribution in [1.82, 2.24) is 0 Å². The summed E-state index contributed by atoms with van der Waals surface area (Å²) < 4.78 is 10.6. The Morgan fingerprint density at radius 3 is 2.57 bits per heavy atom. The molecule has 2 aromatic rings. The first-order valence-electron chi connectivity index (χ1n) is 8.88. The summed E-state index contributed by atoms with van der Waals surface area (Å²) in [4.78, 5) is 27.0. The van der Waals surface area contributed by atoms with Gasteiger partial charge in [-0.1, -0.05) is 35.9 Å². The Kier molecular flexibility index (Phi) is 5.47. The summed E-state index contributed by atoms with van der Waals surface area (Å²) >= 11 is 6.40. The number of anilines is 1. The fourth-order valence-electron chi connectivity index (χ4n) is 3.06. The maximum absolute atomic E-state index is 13.1. The smallest absolute Gasteiger partial charge is 0.332 e. The van der Waals surface area contributed by atoms with E-state index in [1.807, 2.05) is 24.3 Å². The molecule has 0 atom stereocenters. The lowest BCUT2D eigenvalue weighted by atomic mass is 10.1. The number of amides is 1. The van der Waals surface area contributed by atoms with Gasteiger partial charge in [0.1, 0.15) is 11.4 Å². The third-order valence-corrected chi connectivity index (χ3v) is 4.47. The molecule has 1 aliphatic heterocycles. The Hall–Kier alpha value is -2.79. The number of para-hydroxylation sites is 1. The molecular weight excluding hydrogens is 378 g/mol. The number of carbonyl (C=O) groups is 2. The molecule has 0 unspecified atom stereocenters. The van der Waals surface area contributed by atoms with Crippen molar-refractivity contribution >= 4 is 34.7 Å². The van der Waals surface area contributed by atoms with Gasteiger partial charge in [0.25, 0.3) is 5.91 Å². The van der Waals surface area contributed by atoms with Crippen molar-refractivity contribution in [2.24, 2.45) is 0 Å². The fourth-order valence-corrected chi connectivity index (χ4v) is 3.34. The van der Waals surface area contributed by atoms with Crippen LogP contribution in [-0.4, -0.2) is 24.6 Å². The Bertz CT molecular complexity index is 959. The van der Waals surface area contributed by atoms with E-state index in [-0.39, 0.29) is 11.5 Å². The molecule has 28 heavy (non-hydrogen) atoms. The molecule has 0 spiro atoms. The van der Waals surface area contributed by atoms with Crippen LogP contribution in [0.1, 0.15) is 31.9 Å². The molecule has 0 saturated heterocycles. The van der Waals surface area contributed by atoms with Crippen molar-refractivity contribution in [2.75, 3.05) is 12.0 Å². The third kappa shape index (κ3) is 4.20. The largest absolute Gasteiger partial charge is 0.497 e. The standard InChI is InChI=1S/C22H22ClNO4/c1-22(2,3)28-19(25)12-17-16-9-6-10-18(23)20(16)24(21(17)26)13-14-7-5-8-15(11-14)27-4/h5-12H,13H2,1-4H3/b17-12+. The minimum Gasteiger partial charge on any atom is -0.497 e. The van der Waals surface area contributed by atoms with Crippen LogP contribution in [0.2, 0.25) is 5.02 Å². The number of methoxy groups -OCH3 is 1. The summed E-state index contributed by atoms with van der Waals surface area (Å²) in [6.07, 6.45) is 1.24. The monoisotopic (exact) mass is 399 g/mol. The number of hydrogen-bond donors (Lipinski definition) is 0. The molecule has 0 aliphatic carbocycles. The molecule has 0 aromatic heterocycles. The van der Waals surface area contributed by atoms with Gasteiger partial charge in [-0.05, 0) is 44.5 Å². The predicted octanol–water partition coefficient (Wildman–Crippen LogP) is 4.62. The number of nitrogens with zero attached hydrogens (tertiary/aromatic N) is 1. The summed E-state index contributed by atoms with van der Waals surface area (Å²) in [6.45, 7) is 5.64. The molecule has 5 nitrogen and oxygen atoms in total. The van der Waals surface area contributed by atoms with Gasteiger partial charge in [0, 0.05) is 11.6 Å². The summed E-state index contributed by atoms with van der Waals surface area (Å²) in [5, 5.41) is 0.446. The van der Waals surface area contributed by atoms with Crippen LogP contribution < -0.4 is 9.64 Å². The molecule has 0 N–H and O–H groups in total. The summed E-state index contributed by atoms with van der Waals surface area (Å²) in [6, 6.07) is 12.7. The zero-order valence-electron chi connectivity index (χ0n) is 16.3. The summed E-state index contributed by atoms with van der Waals surface area (Å²) in [5.74, 6) is -0.158. The van der Waals surface area contributed by atoms with Crippen LogP contribution in [0.3, 0.4) is 0 Å². The van der Waals surface area contributed by atoms with E-state index in [1.54, 1.807) is 51.0 Å².